The van der Waals surface area contributed by atoms with Gasteiger partial charge in [0.05, 0.1) is 13.6 Å². The van der Waals surface area contributed by atoms with Gasteiger partial charge in [-0.15, -0.1) is 0 Å². The minimum absolute atomic E-state index is 0.265. The molecule has 1 aliphatic heterocycles. The maximum absolute atomic E-state index is 11.0. The zero-order valence-electron chi connectivity index (χ0n) is 7.10. The van der Waals surface area contributed by atoms with Gasteiger partial charge in [-0.1, -0.05) is 0 Å². The normalized spacial score (nSPS) is 23.7. The fourth-order valence-corrected chi connectivity index (χ4v) is 1.49. The van der Waals surface area contributed by atoms with E-state index in [0.29, 0.717) is 5.92 Å². The number of nitrogens with two attached hydrogens (primary N) is 1. The van der Waals surface area contributed by atoms with Gasteiger partial charge in [0.25, 0.3) is 0 Å². The molecule has 1 unspecified atom stereocenters. The summed E-state index contributed by atoms with van der Waals surface area (Å²) in [6.07, 6.45) is 3.27. The molecule has 64 valence electrons. The number of amides is 1. The molecule has 3 nitrogen and oxygen atoms in total. The van der Waals surface area contributed by atoms with Crippen molar-refractivity contribution in [2.75, 3.05) is 20.1 Å². The third kappa shape index (κ3) is 2.50. The van der Waals surface area contributed by atoms with Gasteiger partial charge < -0.3 is 10.6 Å². The molecule has 0 spiro atoms. The molecule has 1 rings (SSSR count). The van der Waals surface area contributed by atoms with Crippen LogP contribution in [0.1, 0.15) is 19.3 Å². The van der Waals surface area contributed by atoms with Gasteiger partial charge in [-0.2, -0.15) is 0 Å². The molecular formula is C8H17N2O+. The average molecular weight is 157 g/mol. The molecule has 1 fully saturated rings. The van der Waals surface area contributed by atoms with Crippen LogP contribution in [0, 0.1) is 5.92 Å². The lowest BCUT2D eigenvalue weighted by Gasteiger charge is -2.03. The second kappa shape index (κ2) is 4.34. The fourth-order valence-electron chi connectivity index (χ4n) is 1.49. The highest BCUT2D eigenvalue weighted by molar-refractivity contribution is 5.80. The number of carbonyl (C=O) groups excluding carboxylic acids is 1. The van der Waals surface area contributed by atoms with Crippen molar-refractivity contribution in [3.8, 4) is 0 Å². The first-order valence-corrected chi connectivity index (χ1v) is 4.40. The van der Waals surface area contributed by atoms with E-state index in [-0.39, 0.29) is 5.91 Å². The second-order valence-corrected chi connectivity index (χ2v) is 3.12. The van der Waals surface area contributed by atoms with E-state index in [4.69, 9.17) is 0 Å². The van der Waals surface area contributed by atoms with Crippen LogP contribution in [0.25, 0.3) is 0 Å². The lowest BCUT2D eigenvalue weighted by molar-refractivity contribution is -0.627. The van der Waals surface area contributed by atoms with Crippen molar-refractivity contribution in [2.45, 2.75) is 19.3 Å². The number of rotatable bonds is 4. The molecule has 1 amide bonds. The van der Waals surface area contributed by atoms with E-state index < -0.39 is 0 Å². The Kier molecular flexibility index (Phi) is 3.36. The van der Waals surface area contributed by atoms with Crippen molar-refractivity contribution in [3.05, 3.63) is 0 Å². The lowest BCUT2D eigenvalue weighted by Crippen LogP contribution is -2.79. The molecule has 1 aliphatic rings. The predicted molar refractivity (Wildman–Crippen MR) is 43.1 cm³/mol. The molecule has 0 saturated carbocycles. The van der Waals surface area contributed by atoms with E-state index in [0.717, 1.165) is 32.4 Å². The summed E-state index contributed by atoms with van der Waals surface area (Å²) in [6, 6.07) is 0. The Bertz CT molecular complexity index is 136. The van der Waals surface area contributed by atoms with E-state index in [1.54, 1.807) is 0 Å². The van der Waals surface area contributed by atoms with Crippen LogP contribution in [0.15, 0.2) is 0 Å². The Morgan fingerprint density at radius 2 is 2.55 bits per heavy atom. The van der Waals surface area contributed by atoms with E-state index in [1.165, 1.54) is 0 Å². The highest BCUT2D eigenvalue weighted by atomic mass is 16.2. The van der Waals surface area contributed by atoms with E-state index in [2.05, 4.69) is 17.7 Å². The lowest BCUT2D eigenvalue weighted by atomic mass is 10.0. The standard InChI is InChI=1S/C8H16N2O/c1-9-5-2-3-7-4-6-10-8(7)11/h7,9H,2-6H2,1H3,(H,10,11)/p+1. The number of quaternary nitrogens is 1. The quantitative estimate of drug-likeness (QED) is 0.510. The molecule has 3 heteroatoms. The molecule has 11 heavy (non-hydrogen) atoms. The summed E-state index contributed by atoms with van der Waals surface area (Å²) in [7, 11) is 2.06. The molecule has 1 saturated heterocycles. The Balaban J connectivity index is 2.10. The average Bonchev–Trinajstić information content (AvgIpc) is 2.37. The minimum atomic E-state index is 0.265. The zero-order valence-corrected chi connectivity index (χ0v) is 7.10. The van der Waals surface area contributed by atoms with Crippen LogP contribution in [0.5, 0.6) is 0 Å². The second-order valence-electron chi connectivity index (χ2n) is 3.12. The van der Waals surface area contributed by atoms with Crippen LogP contribution in [-0.4, -0.2) is 26.0 Å². The largest absolute Gasteiger partial charge is 0.356 e. The van der Waals surface area contributed by atoms with Crippen molar-refractivity contribution in [3.63, 3.8) is 0 Å². The van der Waals surface area contributed by atoms with Crippen molar-refractivity contribution < 1.29 is 10.1 Å². The molecule has 0 aromatic carbocycles. The highest BCUT2D eigenvalue weighted by Crippen LogP contribution is 2.14. The SMILES string of the molecule is C[NH2+]CCCC1CCNC1=O. The number of carbonyl (C=O) groups is 1. The van der Waals surface area contributed by atoms with Crippen LogP contribution in [-0.2, 0) is 4.79 Å². The first kappa shape index (κ1) is 8.53. The van der Waals surface area contributed by atoms with Crippen LogP contribution >= 0.6 is 0 Å². The van der Waals surface area contributed by atoms with Crippen molar-refractivity contribution >= 4 is 5.91 Å². The van der Waals surface area contributed by atoms with Gasteiger partial charge in [-0.25, -0.2) is 0 Å². The Hall–Kier alpha value is -0.570. The summed E-state index contributed by atoms with van der Waals surface area (Å²) >= 11 is 0. The molecule has 0 radical (unpaired) electrons. The Labute approximate surface area is 67.5 Å². The maximum Gasteiger partial charge on any atom is 0.223 e. The minimum Gasteiger partial charge on any atom is -0.356 e. The molecule has 0 bridgehead atoms. The topological polar surface area (TPSA) is 45.7 Å². The molecule has 1 atom stereocenters. The van der Waals surface area contributed by atoms with Gasteiger partial charge in [-0.3, -0.25) is 4.79 Å². The van der Waals surface area contributed by atoms with Crippen LogP contribution in [0.3, 0.4) is 0 Å². The molecule has 0 aromatic heterocycles. The molecule has 3 N–H and O–H groups in total. The summed E-state index contributed by atoms with van der Waals surface area (Å²) in [5.74, 6) is 0.580. The van der Waals surface area contributed by atoms with Gasteiger partial charge in [0.15, 0.2) is 0 Å². The van der Waals surface area contributed by atoms with Gasteiger partial charge >= 0.3 is 0 Å². The van der Waals surface area contributed by atoms with Crippen LogP contribution < -0.4 is 10.6 Å². The van der Waals surface area contributed by atoms with Crippen molar-refractivity contribution in [1.82, 2.24) is 5.32 Å². The summed E-state index contributed by atoms with van der Waals surface area (Å²) in [4.78, 5) is 11.0. The van der Waals surface area contributed by atoms with Crippen molar-refractivity contribution in [1.29, 1.82) is 0 Å². The molecule has 0 aromatic rings. The van der Waals surface area contributed by atoms with Gasteiger partial charge in [-0.05, 0) is 19.3 Å². The molecule has 0 aliphatic carbocycles. The molecular weight excluding hydrogens is 140 g/mol. The third-order valence-corrected chi connectivity index (χ3v) is 2.21. The smallest absolute Gasteiger partial charge is 0.223 e. The summed E-state index contributed by atoms with van der Waals surface area (Å²) in [5.41, 5.74) is 0. The Morgan fingerprint density at radius 3 is 3.09 bits per heavy atom. The number of hydrogen-bond acceptors (Lipinski definition) is 1. The van der Waals surface area contributed by atoms with Gasteiger partial charge in [0.1, 0.15) is 0 Å². The zero-order chi connectivity index (χ0) is 8.10. The third-order valence-electron chi connectivity index (χ3n) is 2.21. The summed E-state index contributed by atoms with van der Waals surface area (Å²) < 4.78 is 0. The first-order chi connectivity index (χ1) is 5.34. The number of hydrogen-bond donors (Lipinski definition) is 2. The summed E-state index contributed by atoms with van der Waals surface area (Å²) in [5, 5.41) is 5.01. The van der Waals surface area contributed by atoms with Crippen molar-refractivity contribution in [2.24, 2.45) is 5.92 Å². The van der Waals surface area contributed by atoms with E-state index >= 15 is 0 Å². The van der Waals surface area contributed by atoms with E-state index in [1.807, 2.05) is 0 Å². The first-order valence-electron chi connectivity index (χ1n) is 4.40. The van der Waals surface area contributed by atoms with Crippen LogP contribution in [0.4, 0.5) is 0 Å². The number of nitrogens with one attached hydrogen (secondary N) is 1. The summed E-state index contributed by atoms with van der Waals surface area (Å²) in [6.45, 7) is 2.03. The maximum atomic E-state index is 11.0. The van der Waals surface area contributed by atoms with Gasteiger partial charge in [0.2, 0.25) is 5.91 Å². The highest BCUT2D eigenvalue weighted by Gasteiger charge is 2.22. The fraction of sp³-hybridized carbons (Fsp3) is 0.875. The van der Waals surface area contributed by atoms with E-state index in [9.17, 15) is 4.79 Å². The van der Waals surface area contributed by atoms with Gasteiger partial charge in [0, 0.05) is 12.5 Å². The Morgan fingerprint density at radius 1 is 1.73 bits per heavy atom. The molecule has 1 heterocycles. The van der Waals surface area contributed by atoms with Crippen LogP contribution in [0.2, 0.25) is 0 Å². The predicted octanol–water partition coefficient (Wildman–Crippen LogP) is -0.904. The monoisotopic (exact) mass is 157 g/mol.